The van der Waals surface area contributed by atoms with E-state index < -0.39 is 144 Å². The Kier molecular flexibility index (Phi) is 12.3. The third-order valence-electron chi connectivity index (χ3n) is 8.46. The van der Waals surface area contributed by atoms with Crippen LogP contribution in [0.1, 0.15) is 0 Å². The van der Waals surface area contributed by atoms with Crippen LogP contribution >= 0.6 is 12.6 Å². The lowest BCUT2D eigenvalue weighted by Crippen LogP contribution is -2.81. The lowest BCUT2D eigenvalue weighted by atomic mass is 9.12. The van der Waals surface area contributed by atoms with Gasteiger partial charge in [-0.05, 0) is 12.1 Å². The van der Waals surface area contributed by atoms with E-state index in [1.807, 2.05) is 54.9 Å². The van der Waals surface area contributed by atoms with Crippen LogP contribution in [-0.4, -0.2) is 6.15 Å². The smallest absolute Gasteiger partial charge is 0.223 e. The SMILES string of the molecule is Fc1c(F)c(F)c([B-](c2c(F)c(F)c(F)c(F)c2F)(c2c(F)c(F)c(F)c(F)c2F)c2c(F)c(F)c(F)c(F)c2F)c(F)c1F.Sc1ccccc1O[n+]1ccccc1. The molecule has 0 bridgehead atoms. The van der Waals surface area contributed by atoms with Gasteiger partial charge in [0.25, 0.3) is 0 Å². The van der Waals surface area contributed by atoms with E-state index in [1.165, 1.54) is 0 Å². The van der Waals surface area contributed by atoms with Gasteiger partial charge in [-0.1, -0.05) is 18.2 Å². The van der Waals surface area contributed by atoms with Crippen molar-refractivity contribution in [3.05, 3.63) is 171 Å². The number of rotatable bonds is 6. The van der Waals surface area contributed by atoms with Gasteiger partial charge in [0, 0.05) is 16.9 Å². The molecule has 0 saturated heterocycles. The Labute approximate surface area is 319 Å². The number of hydrogen-bond donors (Lipinski definition) is 1. The second kappa shape index (κ2) is 16.4. The third kappa shape index (κ3) is 6.95. The highest BCUT2D eigenvalue weighted by atomic mass is 32.1. The van der Waals surface area contributed by atoms with Gasteiger partial charge in [0.2, 0.25) is 18.1 Å². The number of nitrogens with zero attached hydrogens (tertiary/aromatic N) is 1. The van der Waals surface area contributed by atoms with Gasteiger partial charge >= 0.3 is 0 Å². The quantitative estimate of drug-likeness (QED) is 0.0448. The monoisotopic (exact) mass is 883 g/mol. The van der Waals surface area contributed by atoms with Crippen LogP contribution in [0.2, 0.25) is 0 Å². The summed E-state index contributed by atoms with van der Waals surface area (Å²) in [4.78, 5) is 6.37. The second-order valence-electron chi connectivity index (χ2n) is 11.6. The summed E-state index contributed by atoms with van der Waals surface area (Å²) in [7, 11) is 0. The number of thiol groups is 1. The largest absolute Gasteiger partial charge is 0.230 e. The van der Waals surface area contributed by atoms with Gasteiger partial charge < -0.3 is 0 Å². The van der Waals surface area contributed by atoms with E-state index >= 15 is 35.1 Å². The van der Waals surface area contributed by atoms with E-state index in [9.17, 15) is 52.7 Å². The lowest BCUT2D eigenvalue weighted by molar-refractivity contribution is -0.875. The summed E-state index contributed by atoms with van der Waals surface area (Å²) in [6, 6.07) is 13.3. The predicted octanol–water partition coefficient (Wildman–Crippen LogP) is 7.95. The van der Waals surface area contributed by atoms with E-state index in [-0.39, 0.29) is 0 Å². The highest BCUT2D eigenvalue weighted by molar-refractivity contribution is 7.80. The standard InChI is InChI=1S/C24BF20.C11H9NOS/c26-5-1(6(27)14(35)21(42)13(5)34)25(2-7(28)15(36)22(43)16(37)8(2)29,3-9(30)17(38)23(44)18(39)10(3)31)4-11(32)19(40)24(45)20(41)12(4)33;14-11-7-3-2-6-10(11)13-12-8-4-1-5-9-12/h;1-9H/q-1;/p+1. The van der Waals surface area contributed by atoms with Crippen molar-refractivity contribution in [2.75, 3.05) is 0 Å². The van der Waals surface area contributed by atoms with Crippen LogP contribution in [0, 0.1) is 116 Å². The molecule has 0 unspecified atom stereocenters. The highest BCUT2D eigenvalue weighted by Crippen LogP contribution is 2.31. The number of aromatic nitrogens is 1. The number of para-hydroxylation sites is 1. The van der Waals surface area contributed by atoms with Crippen LogP contribution in [0.25, 0.3) is 0 Å². The summed E-state index contributed by atoms with van der Waals surface area (Å²) in [5.74, 6) is -70.7. The van der Waals surface area contributed by atoms with Crippen LogP contribution < -0.4 is 31.4 Å². The van der Waals surface area contributed by atoms with E-state index in [2.05, 4.69) is 12.6 Å². The first-order valence-corrected chi connectivity index (χ1v) is 15.7. The van der Waals surface area contributed by atoms with Crippen molar-refractivity contribution in [3.8, 4) is 5.75 Å². The van der Waals surface area contributed by atoms with E-state index in [1.54, 1.807) is 4.73 Å². The maximum absolute atomic E-state index is 15.4. The summed E-state index contributed by atoms with van der Waals surface area (Å²) < 4.78 is 296. The first-order valence-electron chi connectivity index (χ1n) is 15.2. The molecular formula is C35H10BF20NOS. The van der Waals surface area contributed by atoms with Crippen LogP contribution in [0.5, 0.6) is 5.75 Å². The van der Waals surface area contributed by atoms with Gasteiger partial charge in [0.15, 0.2) is 69.8 Å². The fourth-order valence-corrected chi connectivity index (χ4v) is 6.17. The van der Waals surface area contributed by atoms with E-state index in [0.717, 1.165) is 10.6 Å². The molecule has 0 aliphatic heterocycles. The molecule has 0 aliphatic rings. The minimum Gasteiger partial charge on any atom is -0.230 e. The lowest BCUT2D eigenvalue weighted by Gasteiger charge is -2.44. The Morgan fingerprint density at radius 1 is 0.322 bits per heavy atom. The molecule has 0 aliphatic carbocycles. The summed E-state index contributed by atoms with van der Waals surface area (Å²) in [6.45, 7) is 0. The molecule has 310 valence electrons. The molecule has 1 aromatic heterocycles. The molecule has 0 radical (unpaired) electrons. The molecule has 1 heterocycles. The van der Waals surface area contributed by atoms with Gasteiger partial charge in [-0.15, -0.1) is 34.5 Å². The fraction of sp³-hybridized carbons (Fsp3) is 0. The summed E-state index contributed by atoms with van der Waals surface area (Å²) in [6.07, 6.45) is -3.55. The minimum atomic E-state index is -7.22. The molecule has 2 nitrogen and oxygen atoms in total. The van der Waals surface area contributed by atoms with Crippen LogP contribution in [-0.2, 0) is 0 Å². The Balaban J connectivity index is 0.000000395. The molecule has 6 aromatic rings. The summed E-state index contributed by atoms with van der Waals surface area (Å²) in [5, 5.41) is 0. The van der Waals surface area contributed by atoms with Gasteiger partial charge in [-0.2, -0.15) is 0 Å². The topological polar surface area (TPSA) is 13.1 Å². The van der Waals surface area contributed by atoms with E-state index in [0.29, 0.717) is 0 Å². The zero-order chi connectivity index (χ0) is 44.2. The molecule has 5 aromatic carbocycles. The zero-order valence-corrected chi connectivity index (χ0v) is 28.5. The maximum atomic E-state index is 15.4. The fourth-order valence-electron chi connectivity index (χ4n) is 5.97. The average molecular weight is 883 g/mol. The van der Waals surface area contributed by atoms with Crippen molar-refractivity contribution < 1.29 is 97.4 Å². The first-order chi connectivity index (χ1) is 27.6. The molecule has 0 fully saturated rings. The number of benzene rings is 5. The molecular weight excluding hydrogens is 873 g/mol. The normalized spacial score (nSPS) is 11.5. The minimum absolute atomic E-state index is 0.743. The van der Waals surface area contributed by atoms with Gasteiger partial charge in [-0.3, -0.25) is 0 Å². The first kappa shape index (κ1) is 44.2. The number of halogens is 20. The Bertz CT molecular complexity index is 2280. The van der Waals surface area contributed by atoms with Crippen LogP contribution in [0.4, 0.5) is 87.8 Å². The Morgan fingerprint density at radius 2 is 0.559 bits per heavy atom. The van der Waals surface area contributed by atoms with Crippen molar-refractivity contribution in [1.82, 2.24) is 0 Å². The molecule has 0 saturated carbocycles. The molecule has 59 heavy (non-hydrogen) atoms. The highest BCUT2D eigenvalue weighted by Gasteiger charge is 2.52. The second-order valence-corrected chi connectivity index (χ2v) is 12.1. The van der Waals surface area contributed by atoms with Crippen LogP contribution in [0.15, 0.2) is 59.8 Å². The van der Waals surface area contributed by atoms with Crippen LogP contribution in [0.3, 0.4) is 0 Å². The number of pyridine rings is 1. The summed E-state index contributed by atoms with van der Waals surface area (Å²) in [5.41, 5.74) is -14.3. The molecule has 24 heteroatoms. The summed E-state index contributed by atoms with van der Waals surface area (Å²) >= 11 is 4.29. The van der Waals surface area contributed by atoms with E-state index in [4.69, 9.17) is 4.84 Å². The Hall–Kier alpha value is -5.94. The molecule has 0 amide bonds. The molecule has 0 atom stereocenters. The zero-order valence-electron chi connectivity index (χ0n) is 27.6. The van der Waals surface area contributed by atoms with Crippen molar-refractivity contribution in [1.29, 1.82) is 0 Å². The third-order valence-corrected chi connectivity index (χ3v) is 8.83. The van der Waals surface area contributed by atoms with Gasteiger partial charge in [0.1, 0.15) is 52.7 Å². The van der Waals surface area contributed by atoms with Crippen molar-refractivity contribution in [2.24, 2.45) is 0 Å². The maximum Gasteiger partial charge on any atom is 0.223 e. The van der Waals surface area contributed by atoms with Crippen molar-refractivity contribution in [2.45, 2.75) is 4.90 Å². The Morgan fingerprint density at radius 3 is 0.814 bits per heavy atom. The van der Waals surface area contributed by atoms with Gasteiger partial charge in [-0.25, -0.2) is 92.6 Å². The van der Waals surface area contributed by atoms with Crippen molar-refractivity contribution >= 4 is 40.6 Å². The number of hydrogen-bond acceptors (Lipinski definition) is 2. The molecule has 6 rings (SSSR count). The molecule has 0 spiro atoms. The van der Waals surface area contributed by atoms with Crippen molar-refractivity contribution in [3.63, 3.8) is 0 Å². The molecule has 0 N–H and O–H groups in total. The average Bonchev–Trinajstić information content (AvgIpc) is 3.22. The predicted molar refractivity (Wildman–Crippen MR) is 166 cm³/mol. The van der Waals surface area contributed by atoms with Gasteiger partial charge in [0.05, 0.1) is 4.90 Å².